The number of fused-ring (bicyclic) bond motifs is 1. The van der Waals surface area contributed by atoms with Crippen LogP contribution in [0, 0.1) is 5.92 Å². The lowest BCUT2D eigenvalue weighted by Crippen LogP contribution is -2.34. The first-order valence-electron chi connectivity index (χ1n) is 9.43. The van der Waals surface area contributed by atoms with Crippen molar-refractivity contribution in [1.82, 2.24) is 14.5 Å². The van der Waals surface area contributed by atoms with Gasteiger partial charge in [0.05, 0.1) is 6.26 Å². The Morgan fingerprint density at radius 3 is 2.73 bits per heavy atom. The molecule has 2 heterocycles. The Morgan fingerprint density at radius 2 is 2.00 bits per heavy atom. The van der Waals surface area contributed by atoms with E-state index in [2.05, 4.69) is 34.5 Å². The molecule has 0 saturated carbocycles. The molecule has 1 atom stereocenters. The third-order valence-electron chi connectivity index (χ3n) is 5.37. The van der Waals surface area contributed by atoms with Crippen LogP contribution in [-0.4, -0.2) is 62.5 Å². The normalized spacial score (nSPS) is 21.5. The number of rotatable bonds is 7. The molecule has 144 valence electrons. The van der Waals surface area contributed by atoms with E-state index >= 15 is 0 Å². The van der Waals surface area contributed by atoms with Gasteiger partial charge in [0.1, 0.15) is 0 Å². The van der Waals surface area contributed by atoms with E-state index < -0.39 is 10.0 Å². The van der Waals surface area contributed by atoms with Crippen molar-refractivity contribution in [2.45, 2.75) is 32.2 Å². The van der Waals surface area contributed by atoms with Crippen LogP contribution >= 0.6 is 0 Å². The second-order valence-electron chi connectivity index (χ2n) is 7.48. The van der Waals surface area contributed by atoms with Crippen molar-refractivity contribution >= 4 is 15.9 Å². The van der Waals surface area contributed by atoms with E-state index in [0.29, 0.717) is 26.1 Å². The summed E-state index contributed by atoms with van der Waals surface area (Å²) in [4.78, 5) is 14.5. The molecule has 1 unspecified atom stereocenters. The van der Waals surface area contributed by atoms with E-state index in [1.807, 2.05) is 0 Å². The number of sulfonamides is 1. The maximum Gasteiger partial charge on any atom is 0.220 e. The van der Waals surface area contributed by atoms with Crippen molar-refractivity contribution in [2.24, 2.45) is 5.92 Å². The van der Waals surface area contributed by atoms with E-state index in [1.54, 1.807) is 0 Å². The molecular weight excluding hydrogens is 350 g/mol. The number of carbonyl (C=O) groups excluding carboxylic acids is 1. The second kappa shape index (κ2) is 8.50. The predicted molar refractivity (Wildman–Crippen MR) is 102 cm³/mol. The van der Waals surface area contributed by atoms with Gasteiger partial charge < -0.3 is 5.32 Å². The second-order valence-corrected chi connectivity index (χ2v) is 9.46. The van der Waals surface area contributed by atoms with E-state index in [4.69, 9.17) is 0 Å². The van der Waals surface area contributed by atoms with Gasteiger partial charge in [-0.1, -0.05) is 24.3 Å². The van der Waals surface area contributed by atoms with Gasteiger partial charge in [-0.05, 0) is 36.3 Å². The Balaban J connectivity index is 1.31. The molecule has 1 fully saturated rings. The minimum atomic E-state index is -3.13. The van der Waals surface area contributed by atoms with E-state index in [1.165, 1.54) is 21.7 Å². The summed E-state index contributed by atoms with van der Waals surface area (Å²) in [5.74, 6) is 0.178. The molecule has 2 aliphatic rings. The van der Waals surface area contributed by atoms with E-state index in [9.17, 15) is 13.2 Å². The third-order valence-corrected chi connectivity index (χ3v) is 6.64. The molecule has 26 heavy (non-hydrogen) atoms. The lowest BCUT2D eigenvalue weighted by molar-refractivity contribution is -0.121. The van der Waals surface area contributed by atoms with Crippen molar-refractivity contribution in [2.75, 3.05) is 39.0 Å². The molecule has 6 nitrogen and oxygen atoms in total. The summed E-state index contributed by atoms with van der Waals surface area (Å²) in [5, 5.41) is 2.99. The first-order chi connectivity index (χ1) is 12.4. The highest BCUT2D eigenvalue weighted by molar-refractivity contribution is 7.88. The molecule has 7 heteroatoms. The van der Waals surface area contributed by atoms with E-state index in [0.717, 1.165) is 38.9 Å². The van der Waals surface area contributed by atoms with Crippen molar-refractivity contribution in [3.05, 3.63) is 35.4 Å². The van der Waals surface area contributed by atoms with Gasteiger partial charge in [-0.2, -0.15) is 0 Å². The van der Waals surface area contributed by atoms with Crippen LogP contribution in [0.2, 0.25) is 0 Å². The number of nitrogens with zero attached hydrogens (tertiary/aromatic N) is 2. The summed E-state index contributed by atoms with van der Waals surface area (Å²) in [6.45, 7) is 4.74. The zero-order valence-electron chi connectivity index (χ0n) is 15.5. The fraction of sp³-hybridized carbons (Fsp3) is 0.632. The molecule has 0 aliphatic carbocycles. The number of hydrogen-bond acceptors (Lipinski definition) is 4. The number of hydrogen-bond donors (Lipinski definition) is 1. The molecule has 0 spiro atoms. The molecule has 0 aromatic heterocycles. The molecule has 0 radical (unpaired) electrons. The number of nitrogens with one attached hydrogen (secondary N) is 1. The topological polar surface area (TPSA) is 69.7 Å². The van der Waals surface area contributed by atoms with Crippen LogP contribution < -0.4 is 5.32 Å². The van der Waals surface area contributed by atoms with Gasteiger partial charge in [-0.25, -0.2) is 12.7 Å². The number of benzene rings is 1. The molecule has 1 amide bonds. The fourth-order valence-electron chi connectivity index (χ4n) is 3.87. The highest BCUT2D eigenvalue weighted by atomic mass is 32.2. The van der Waals surface area contributed by atoms with Crippen LogP contribution in [0.15, 0.2) is 24.3 Å². The summed E-state index contributed by atoms with van der Waals surface area (Å²) in [6, 6.07) is 8.60. The van der Waals surface area contributed by atoms with Crippen molar-refractivity contribution < 1.29 is 13.2 Å². The quantitative estimate of drug-likeness (QED) is 0.724. The molecule has 1 aromatic carbocycles. The molecule has 1 N–H and O–H groups in total. The predicted octanol–water partition coefficient (Wildman–Crippen LogP) is 1.22. The molecular formula is C19H29N3O3S. The van der Waals surface area contributed by atoms with Crippen LogP contribution in [0.5, 0.6) is 0 Å². The van der Waals surface area contributed by atoms with E-state index in [-0.39, 0.29) is 11.8 Å². The van der Waals surface area contributed by atoms with Crippen molar-refractivity contribution in [3.63, 3.8) is 0 Å². The molecule has 0 bridgehead atoms. The van der Waals surface area contributed by atoms with Crippen LogP contribution in [0.3, 0.4) is 0 Å². The number of carbonyl (C=O) groups is 1. The van der Waals surface area contributed by atoms with Gasteiger partial charge in [0.25, 0.3) is 0 Å². The highest BCUT2D eigenvalue weighted by Crippen LogP contribution is 2.21. The fourth-order valence-corrected chi connectivity index (χ4v) is 4.79. The summed E-state index contributed by atoms with van der Waals surface area (Å²) < 4.78 is 24.5. The lowest BCUT2D eigenvalue weighted by Gasteiger charge is -2.28. The molecule has 3 rings (SSSR count). The standard InChI is InChI=1S/C19H29N3O3S/c1-26(24,25)22-12-7-16(14-22)13-19(23)20-9-4-10-21-11-8-17-5-2-3-6-18(17)15-21/h2-3,5-6,16H,4,7-15H2,1H3,(H,20,23). The minimum Gasteiger partial charge on any atom is -0.356 e. The SMILES string of the molecule is CS(=O)(=O)N1CCC(CC(=O)NCCCN2CCc3ccccc3C2)C1. The lowest BCUT2D eigenvalue weighted by atomic mass is 10.00. The van der Waals surface area contributed by atoms with Crippen LogP contribution in [0.25, 0.3) is 0 Å². The van der Waals surface area contributed by atoms with Crippen LogP contribution in [-0.2, 0) is 27.8 Å². The average Bonchev–Trinajstić information content (AvgIpc) is 3.07. The van der Waals surface area contributed by atoms with Gasteiger partial charge in [-0.15, -0.1) is 0 Å². The smallest absolute Gasteiger partial charge is 0.220 e. The largest absolute Gasteiger partial charge is 0.356 e. The minimum absolute atomic E-state index is 0.0364. The number of amides is 1. The summed E-state index contributed by atoms with van der Waals surface area (Å²) in [6.07, 6.45) is 4.46. The van der Waals surface area contributed by atoms with Crippen LogP contribution in [0.1, 0.15) is 30.4 Å². The maximum atomic E-state index is 12.1. The molecule has 1 aromatic rings. The van der Waals surface area contributed by atoms with Crippen molar-refractivity contribution in [1.29, 1.82) is 0 Å². The third kappa shape index (κ3) is 5.28. The Kier molecular flexibility index (Phi) is 6.32. The Bertz CT molecular complexity index is 735. The summed E-state index contributed by atoms with van der Waals surface area (Å²) in [7, 11) is -3.13. The summed E-state index contributed by atoms with van der Waals surface area (Å²) >= 11 is 0. The maximum absolute atomic E-state index is 12.1. The Labute approximate surface area is 156 Å². The van der Waals surface area contributed by atoms with Gasteiger partial charge in [0.15, 0.2) is 0 Å². The first-order valence-corrected chi connectivity index (χ1v) is 11.3. The first kappa shape index (κ1) is 19.3. The zero-order chi connectivity index (χ0) is 18.6. The average molecular weight is 380 g/mol. The monoisotopic (exact) mass is 379 g/mol. The highest BCUT2D eigenvalue weighted by Gasteiger charge is 2.29. The Hall–Kier alpha value is -1.44. The zero-order valence-corrected chi connectivity index (χ0v) is 16.3. The van der Waals surface area contributed by atoms with Gasteiger partial charge in [0.2, 0.25) is 15.9 Å². The molecule has 1 saturated heterocycles. The van der Waals surface area contributed by atoms with Gasteiger partial charge in [0, 0.05) is 45.7 Å². The molecule has 2 aliphatic heterocycles. The van der Waals surface area contributed by atoms with Crippen LogP contribution in [0.4, 0.5) is 0 Å². The van der Waals surface area contributed by atoms with Gasteiger partial charge in [-0.3, -0.25) is 9.69 Å². The van der Waals surface area contributed by atoms with Crippen molar-refractivity contribution in [3.8, 4) is 0 Å². The van der Waals surface area contributed by atoms with Gasteiger partial charge >= 0.3 is 0 Å². The Morgan fingerprint density at radius 1 is 1.23 bits per heavy atom. The summed E-state index contributed by atoms with van der Waals surface area (Å²) in [5.41, 5.74) is 2.87.